The molecule has 0 aliphatic rings. The molecule has 25 heavy (non-hydrogen) atoms. The Morgan fingerprint density at radius 2 is 1.72 bits per heavy atom. The van der Waals surface area contributed by atoms with Crippen LogP contribution < -0.4 is 0 Å². The van der Waals surface area contributed by atoms with E-state index in [0.717, 1.165) is 10.0 Å². The average molecular weight is 400 g/mol. The Kier molecular flexibility index (Phi) is 4.10. The van der Waals surface area contributed by atoms with E-state index in [1.54, 1.807) is 12.1 Å². The van der Waals surface area contributed by atoms with Crippen LogP contribution in [0.5, 0.6) is 0 Å². The van der Waals surface area contributed by atoms with E-state index in [0.29, 0.717) is 29.5 Å². The van der Waals surface area contributed by atoms with Crippen LogP contribution in [0.1, 0.15) is 5.69 Å². The largest absolute Gasteiger partial charge is 0.444 e. The van der Waals surface area contributed by atoms with Crippen molar-refractivity contribution in [3.05, 3.63) is 70.8 Å². The Morgan fingerprint density at radius 1 is 1.00 bits per heavy atom. The number of hydrogen-bond donors (Lipinski definition) is 0. The van der Waals surface area contributed by atoms with Crippen molar-refractivity contribution >= 4 is 15.9 Å². The van der Waals surface area contributed by atoms with Crippen molar-refractivity contribution in [2.45, 2.75) is 6.54 Å². The van der Waals surface area contributed by atoms with Crippen LogP contribution >= 0.6 is 15.9 Å². The fraction of sp³-hybridized carbons (Fsp3) is 0.0588. The molecule has 0 aliphatic heterocycles. The number of tetrazole rings is 1. The molecular formula is C17H11BrFN5O. The number of oxazole rings is 1. The zero-order valence-corrected chi connectivity index (χ0v) is 14.4. The molecule has 0 N–H and O–H groups in total. The summed E-state index contributed by atoms with van der Waals surface area (Å²) in [5.41, 5.74) is 2.23. The normalized spacial score (nSPS) is 11.0. The predicted molar refractivity (Wildman–Crippen MR) is 92.0 cm³/mol. The molecule has 0 fully saturated rings. The molecule has 4 rings (SSSR count). The van der Waals surface area contributed by atoms with Crippen molar-refractivity contribution in [1.82, 2.24) is 25.2 Å². The van der Waals surface area contributed by atoms with E-state index in [9.17, 15) is 4.39 Å². The van der Waals surface area contributed by atoms with Gasteiger partial charge in [0, 0.05) is 15.6 Å². The number of rotatable bonds is 4. The van der Waals surface area contributed by atoms with Crippen LogP contribution in [0.25, 0.3) is 22.8 Å². The molecule has 8 heteroatoms. The standard InChI is InChI=1S/C17H11BrFN5O/c18-13-5-1-11(2-6-13)16-21-23-24(22-16)9-15-10-25-17(20-15)12-3-7-14(19)8-4-12/h1-8,10H,9H2. The van der Waals surface area contributed by atoms with Gasteiger partial charge >= 0.3 is 0 Å². The lowest BCUT2D eigenvalue weighted by atomic mass is 10.2. The minimum absolute atomic E-state index is 0.303. The van der Waals surface area contributed by atoms with Gasteiger partial charge in [-0.3, -0.25) is 0 Å². The minimum atomic E-state index is -0.303. The van der Waals surface area contributed by atoms with Crippen LogP contribution in [0.15, 0.2) is 63.7 Å². The molecule has 2 heterocycles. The van der Waals surface area contributed by atoms with Gasteiger partial charge in [-0.2, -0.15) is 4.80 Å². The highest BCUT2D eigenvalue weighted by Gasteiger charge is 2.10. The fourth-order valence-corrected chi connectivity index (χ4v) is 2.54. The molecule has 4 aromatic rings. The second kappa shape index (κ2) is 6.56. The van der Waals surface area contributed by atoms with Crippen LogP contribution in [-0.2, 0) is 6.54 Å². The molecule has 124 valence electrons. The molecule has 2 aromatic carbocycles. The van der Waals surface area contributed by atoms with Gasteiger partial charge in [0.25, 0.3) is 0 Å². The molecule has 0 aliphatic carbocycles. The lowest BCUT2D eigenvalue weighted by Gasteiger charge is -1.95. The van der Waals surface area contributed by atoms with Crippen LogP contribution in [-0.4, -0.2) is 25.2 Å². The minimum Gasteiger partial charge on any atom is -0.444 e. The Hall–Kier alpha value is -2.87. The van der Waals surface area contributed by atoms with E-state index in [2.05, 4.69) is 36.3 Å². The monoisotopic (exact) mass is 399 g/mol. The first kappa shape index (κ1) is 15.6. The highest BCUT2D eigenvalue weighted by molar-refractivity contribution is 9.10. The summed E-state index contributed by atoms with van der Waals surface area (Å²) >= 11 is 3.39. The van der Waals surface area contributed by atoms with Crippen LogP contribution in [0, 0.1) is 5.82 Å². The molecule has 0 saturated heterocycles. The maximum Gasteiger partial charge on any atom is 0.226 e. The van der Waals surface area contributed by atoms with Gasteiger partial charge in [0.15, 0.2) is 0 Å². The molecular weight excluding hydrogens is 389 g/mol. The predicted octanol–water partition coefficient (Wildman–Crippen LogP) is 3.95. The van der Waals surface area contributed by atoms with E-state index >= 15 is 0 Å². The molecule has 0 bridgehead atoms. The SMILES string of the molecule is Fc1ccc(-c2nc(Cn3nnc(-c4ccc(Br)cc4)n3)co2)cc1. The lowest BCUT2D eigenvalue weighted by Crippen LogP contribution is -2.04. The quantitative estimate of drug-likeness (QED) is 0.519. The number of hydrogen-bond acceptors (Lipinski definition) is 5. The van der Waals surface area contributed by atoms with Crippen molar-refractivity contribution < 1.29 is 8.81 Å². The Balaban J connectivity index is 1.51. The number of nitrogens with zero attached hydrogens (tertiary/aromatic N) is 5. The highest BCUT2D eigenvalue weighted by Crippen LogP contribution is 2.20. The number of aromatic nitrogens is 5. The topological polar surface area (TPSA) is 69.6 Å². The first-order chi connectivity index (χ1) is 12.2. The average Bonchev–Trinajstić information content (AvgIpc) is 3.27. The third kappa shape index (κ3) is 3.48. The van der Waals surface area contributed by atoms with Crippen molar-refractivity contribution in [2.75, 3.05) is 0 Å². The molecule has 0 saturated carbocycles. The summed E-state index contributed by atoms with van der Waals surface area (Å²) in [6.45, 7) is 0.328. The Bertz CT molecular complexity index is 913. The zero-order valence-electron chi connectivity index (χ0n) is 12.8. The first-order valence-electron chi connectivity index (χ1n) is 7.41. The van der Waals surface area contributed by atoms with Crippen LogP contribution in [0.4, 0.5) is 4.39 Å². The van der Waals surface area contributed by atoms with Gasteiger partial charge in [0.1, 0.15) is 24.3 Å². The van der Waals surface area contributed by atoms with Gasteiger partial charge < -0.3 is 4.42 Å². The summed E-state index contributed by atoms with van der Waals surface area (Å²) in [7, 11) is 0. The number of halogens is 2. The Morgan fingerprint density at radius 3 is 2.48 bits per heavy atom. The van der Waals surface area contributed by atoms with Crippen molar-refractivity contribution in [3.8, 4) is 22.8 Å². The molecule has 0 spiro atoms. The summed E-state index contributed by atoms with van der Waals surface area (Å²) in [5.74, 6) is 0.654. The highest BCUT2D eigenvalue weighted by atomic mass is 79.9. The fourth-order valence-electron chi connectivity index (χ4n) is 2.27. The van der Waals surface area contributed by atoms with Gasteiger partial charge in [-0.25, -0.2) is 9.37 Å². The van der Waals surface area contributed by atoms with Gasteiger partial charge in [-0.1, -0.05) is 15.9 Å². The summed E-state index contributed by atoms with van der Waals surface area (Å²) in [6.07, 6.45) is 1.53. The maximum absolute atomic E-state index is 13.0. The van der Waals surface area contributed by atoms with E-state index in [4.69, 9.17) is 4.42 Å². The van der Waals surface area contributed by atoms with Crippen LogP contribution in [0.3, 0.4) is 0 Å². The first-order valence-corrected chi connectivity index (χ1v) is 8.21. The molecule has 0 radical (unpaired) electrons. The van der Waals surface area contributed by atoms with Crippen LogP contribution in [0.2, 0.25) is 0 Å². The lowest BCUT2D eigenvalue weighted by molar-refractivity contribution is 0.550. The van der Waals surface area contributed by atoms with E-state index < -0.39 is 0 Å². The number of benzene rings is 2. The van der Waals surface area contributed by atoms with Gasteiger partial charge in [-0.15, -0.1) is 10.2 Å². The van der Waals surface area contributed by atoms with Crippen molar-refractivity contribution in [1.29, 1.82) is 0 Å². The summed E-state index contributed by atoms with van der Waals surface area (Å²) in [6, 6.07) is 13.6. The van der Waals surface area contributed by atoms with E-state index in [1.165, 1.54) is 23.2 Å². The summed E-state index contributed by atoms with van der Waals surface area (Å²) in [5, 5.41) is 12.4. The molecule has 6 nitrogen and oxygen atoms in total. The van der Waals surface area contributed by atoms with E-state index in [-0.39, 0.29) is 5.82 Å². The zero-order chi connectivity index (χ0) is 17.2. The van der Waals surface area contributed by atoms with Crippen molar-refractivity contribution in [3.63, 3.8) is 0 Å². The molecule has 2 aromatic heterocycles. The molecule has 0 amide bonds. The summed E-state index contributed by atoms with van der Waals surface area (Å²) < 4.78 is 19.4. The van der Waals surface area contributed by atoms with E-state index in [1.807, 2.05) is 24.3 Å². The second-order valence-corrected chi connectivity index (χ2v) is 6.22. The summed E-state index contributed by atoms with van der Waals surface area (Å²) in [4.78, 5) is 5.82. The van der Waals surface area contributed by atoms with Crippen molar-refractivity contribution in [2.24, 2.45) is 0 Å². The molecule has 0 unspecified atom stereocenters. The Labute approximate surface area is 150 Å². The van der Waals surface area contributed by atoms with Gasteiger partial charge in [-0.05, 0) is 53.7 Å². The third-order valence-corrected chi connectivity index (χ3v) is 4.03. The second-order valence-electron chi connectivity index (χ2n) is 5.30. The molecule has 0 atom stereocenters. The maximum atomic E-state index is 13.0. The van der Waals surface area contributed by atoms with Gasteiger partial charge in [0.2, 0.25) is 11.7 Å². The smallest absolute Gasteiger partial charge is 0.226 e. The van der Waals surface area contributed by atoms with Gasteiger partial charge in [0.05, 0.1) is 0 Å². The third-order valence-electron chi connectivity index (χ3n) is 3.50.